The molecule has 2 heterocycles. The third kappa shape index (κ3) is 3.36. The molecule has 1 N–H and O–H groups in total. The number of ether oxygens (including phenoxy) is 2. The Labute approximate surface area is 156 Å². The molecule has 0 atom stereocenters. The van der Waals surface area contributed by atoms with Crippen molar-refractivity contribution in [1.82, 2.24) is 20.1 Å². The summed E-state index contributed by atoms with van der Waals surface area (Å²) in [6, 6.07) is 11.4. The summed E-state index contributed by atoms with van der Waals surface area (Å²) in [6.45, 7) is 6.91. The lowest BCUT2D eigenvalue weighted by atomic mass is 10.2. The van der Waals surface area contributed by atoms with E-state index in [0.717, 1.165) is 28.0 Å². The molecule has 27 heavy (non-hydrogen) atoms. The number of rotatable bonds is 6. The van der Waals surface area contributed by atoms with Crippen LogP contribution in [0.25, 0.3) is 33.9 Å². The van der Waals surface area contributed by atoms with Crippen LogP contribution >= 0.6 is 0 Å². The van der Waals surface area contributed by atoms with Gasteiger partial charge in [0.1, 0.15) is 5.82 Å². The molecule has 2 aromatic heterocycles. The van der Waals surface area contributed by atoms with E-state index in [-0.39, 0.29) is 0 Å². The largest absolute Gasteiger partial charge is 0.490 e. The Kier molecular flexibility index (Phi) is 4.50. The van der Waals surface area contributed by atoms with Gasteiger partial charge in [-0.05, 0) is 57.2 Å². The summed E-state index contributed by atoms with van der Waals surface area (Å²) in [5.41, 5.74) is 3.49. The molecule has 0 aliphatic carbocycles. The zero-order chi connectivity index (χ0) is 18.8. The van der Waals surface area contributed by atoms with Crippen molar-refractivity contribution in [3.8, 4) is 34.3 Å². The highest BCUT2D eigenvalue weighted by atomic mass is 16.5. The second-order valence-corrected chi connectivity index (χ2v) is 6.00. The minimum atomic E-state index is 0.426. The van der Waals surface area contributed by atoms with E-state index in [0.29, 0.717) is 36.4 Å². The highest BCUT2D eigenvalue weighted by Gasteiger charge is 2.14. The van der Waals surface area contributed by atoms with E-state index in [9.17, 15) is 0 Å². The van der Waals surface area contributed by atoms with E-state index in [1.54, 1.807) is 0 Å². The molecule has 0 aliphatic heterocycles. The predicted molar refractivity (Wildman–Crippen MR) is 102 cm³/mol. The van der Waals surface area contributed by atoms with Gasteiger partial charge in [-0.25, -0.2) is 4.98 Å². The topological polar surface area (TPSA) is 86.1 Å². The molecule has 2 aromatic carbocycles. The number of imidazole rings is 1. The SMILES string of the molecule is CCOc1ccc(-c2nc(-c3ccc4nc(C)[nH]c4c3)no2)cc1OCC. The van der Waals surface area contributed by atoms with E-state index < -0.39 is 0 Å². The maximum atomic E-state index is 5.67. The quantitative estimate of drug-likeness (QED) is 0.546. The lowest BCUT2D eigenvalue weighted by Gasteiger charge is -2.11. The fraction of sp³-hybridized carbons (Fsp3) is 0.250. The number of fused-ring (bicyclic) bond motifs is 1. The number of nitrogens with one attached hydrogen (secondary N) is 1. The van der Waals surface area contributed by atoms with Gasteiger partial charge < -0.3 is 19.0 Å². The van der Waals surface area contributed by atoms with Crippen LogP contribution in [0.15, 0.2) is 40.9 Å². The number of hydrogen-bond acceptors (Lipinski definition) is 6. The summed E-state index contributed by atoms with van der Waals surface area (Å²) >= 11 is 0. The molecule has 7 heteroatoms. The van der Waals surface area contributed by atoms with Crippen LogP contribution in [0.5, 0.6) is 11.5 Å². The lowest BCUT2D eigenvalue weighted by molar-refractivity contribution is 0.288. The summed E-state index contributed by atoms with van der Waals surface area (Å²) in [6.07, 6.45) is 0. The van der Waals surface area contributed by atoms with Gasteiger partial charge >= 0.3 is 0 Å². The molecule has 0 radical (unpaired) electrons. The molecule has 0 spiro atoms. The molecule has 4 aromatic rings. The van der Waals surface area contributed by atoms with Crippen LogP contribution in [-0.4, -0.2) is 33.3 Å². The van der Waals surface area contributed by atoms with Crippen molar-refractivity contribution in [3.05, 3.63) is 42.2 Å². The van der Waals surface area contributed by atoms with Crippen molar-refractivity contribution in [1.29, 1.82) is 0 Å². The molecule has 0 bridgehead atoms. The average Bonchev–Trinajstić information content (AvgIpc) is 3.28. The van der Waals surface area contributed by atoms with Gasteiger partial charge in [0.05, 0.1) is 24.2 Å². The minimum Gasteiger partial charge on any atom is -0.490 e. The molecule has 0 unspecified atom stereocenters. The number of aromatic amines is 1. The second-order valence-electron chi connectivity index (χ2n) is 6.00. The average molecular weight is 364 g/mol. The van der Waals surface area contributed by atoms with Gasteiger partial charge in [-0.3, -0.25) is 0 Å². The summed E-state index contributed by atoms with van der Waals surface area (Å²) in [5, 5.41) is 4.12. The van der Waals surface area contributed by atoms with Crippen LogP contribution in [0.4, 0.5) is 0 Å². The Morgan fingerprint density at radius 2 is 1.70 bits per heavy atom. The molecular formula is C20H20N4O3. The Balaban J connectivity index is 1.67. The fourth-order valence-corrected chi connectivity index (χ4v) is 2.92. The van der Waals surface area contributed by atoms with E-state index in [1.807, 2.05) is 57.2 Å². The van der Waals surface area contributed by atoms with Gasteiger partial charge in [-0.15, -0.1) is 0 Å². The van der Waals surface area contributed by atoms with Crippen molar-refractivity contribution in [2.24, 2.45) is 0 Å². The summed E-state index contributed by atoms with van der Waals surface area (Å²) in [5.74, 6) is 3.17. The van der Waals surface area contributed by atoms with Crippen LogP contribution in [-0.2, 0) is 0 Å². The Morgan fingerprint density at radius 1 is 0.926 bits per heavy atom. The molecular weight excluding hydrogens is 344 g/mol. The molecule has 0 saturated heterocycles. The smallest absolute Gasteiger partial charge is 0.258 e. The van der Waals surface area contributed by atoms with Crippen molar-refractivity contribution in [3.63, 3.8) is 0 Å². The monoisotopic (exact) mass is 364 g/mol. The van der Waals surface area contributed by atoms with Gasteiger partial charge in [0, 0.05) is 11.1 Å². The maximum Gasteiger partial charge on any atom is 0.258 e. The first-order chi connectivity index (χ1) is 13.2. The van der Waals surface area contributed by atoms with Crippen LogP contribution in [0.2, 0.25) is 0 Å². The van der Waals surface area contributed by atoms with E-state index in [2.05, 4.69) is 20.1 Å². The van der Waals surface area contributed by atoms with Gasteiger partial charge in [-0.1, -0.05) is 5.16 Å². The summed E-state index contributed by atoms with van der Waals surface area (Å²) in [4.78, 5) is 12.2. The van der Waals surface area contributed by atoms with Gasteiger partial charge in [0.15, 0.2) is 11.5 Å². The predicted octanol–water partition coefficient (Wildman–Crippen LogP) is 4.39. The second kappa shape index (κ2) is 7.11. The van der Waals surface area contributed by atoms with Gasteiger partial charge in [0.2, 0.25) is 5.82 Å². The van der Waals surface area contributed by atoms with Crippen LogP contribution < -0.4 is 9.47 Å². The van der Waals surface area contributed by atoms with Crippen molar-refractivity contribution < 1.29 is 14.0 Å². The first-order valence-electron chi connectivity index (χ1n) is 8.88. The molecule has 138 valence electrons. The Morgan fingerprint density at radius 3 is 2.52 bits per heavy atom. The number of benzene rings is 2. The third-order valence-corrected chi connectivity index (χ3v) is 4.07. The molecule has 0 aliphatic rings. The third-order valence-electron chi connectivity index (χ3n) is 4.07. The molecule has 0 amide bonds. The molecule has 4 rings (SSSR count). The molecule has 0 fully saturated rings. The fourth-order valence-electron chi connectivity index (χ4n) is 2.92. The zero-order valence-corrected chi connectivity index (χ0v) is 15.4. The number of H-pyrrole nitrogens is 1. The number of hydrogen-bond donors (Lipinski definition) is 1. The summed E-state index contributed by atoms with van der Waals surface area (Å²) in [7, 11) is 0. The Bertz CT molecular complexity index is 1080. The Hall–Kier alpha value is -3.35. The van der Waals surface area contributed by atoms with Crippen LogP contribution in [0, 0.1) is 6.92 Å². The lowest BCUT2D eigenvalue weighted by Crippen LogP contribution is -1.98. The first-order valence-corrected chi connectivity index (χ1v) is 8.88. The van der Waals surface area contributed by atoms with E-state index >= 15 is 0 Å². The van der Waals surface area contributed by atoms with Gasteiger partial charge in [0.25, 0.3) is 5.89 Å². The minimum absolute atomic E-state index is 0.426. The van der Waals surface area contributed by atoms with Crippen molar-refractivity contribution in [2.45, 2.75) is 20.8 Å². The number of aryl methyl sites for hydroxylation is 1. The first kappa shape index (κ1) is 17.1. The maximum absolute atomic E-state index is 5.67. The molecule has 7 nitrogen and oxygen atoms in total. The normalized spacial score (nSPS) is 11.1. The highest BCUT2D eigenvalue weighted by Crippen LogP contribution is 2.33. The van der Waals surface area contributed by atoms with Crippen molar-refractivity contribution in [2.75, 3.05) is 13.2 Å². The summed E-state index contributed by atoms with van der Waals surface area (Å²) < 4.78 is 16.7. The van der Waals surface area contributed by atoms with E-state index in [1.165, 1.54) is 0 Å². The highest BCUT2D eigenvalue weighted by molar-refractivity contribution is 5.80. The number of aromatic nitrogens is 4. The zero-order valence-electron chi connectivity index (χ0n) is 15.4. The van der Waals surface area contributed by atoms with Gasteiger partial charge in [-0.2, -0.15) is 4.98 Å². The number of nitrogens with zero attached hydrogens (tertiary/aromatic N) is 3. The van der Waals surface area contributed by atoms with Crippen molar-refractivity contribution >= 4 is 11.0 Å². The van der Waals surface area contributed by atoms with E-state index in [4.69, 9.17) is 14.0 Å². The van der Waals surface area contributed by atoms with Crippen LogP contribution in [0.3, 0.4) is 0 Å². The van der Waals surface area contributed by atoms with Crippen LogP contribution in [0.1, 0.15) is 19.7 Å². The molecule has 0 saturated carbocycles. The standard InChI is InChI=1S/C20H20N4O3/c1-4-25-17-9-7-14(11-18(17)26-5-2)20-23-19(24-27-20)13-6-8-15-16(10-13)22-12(3)21-15/h6-11H,4-5H2,1-3H3,(H,21,22).